The van der Waals surface area contributed by atoms with Crippen molar-refractivity contribution >= 4 is 11.7 Å². The number of anilines is 1. The van der Waals surface area contributed by atoms with Gasteiger partial charge in [0.25, 0.3) is 0 Å². The second kappa shape index (κ2) is 8.44. The maximum absolute atomic E-state index is 11.9. The fourth-order valence-corrected chi connectivity index (χ4v) is 3.81. The first-order valence-corrected chi connectivity index (χ1v) is 9.82. The number of nitrogens with one attached hydrogen (secondary N) is 2. The van der Waals surface area contributed by atoms with E-state index in [-0.39, 0.29) is 12.1 Å². The van der Waals surface area contributed by atoms with Crippen LogP contribution in [0.2, 0.25) is 0 Å². The van der Waals surface area contributed by atoms with Crippen molar-refractivity contribution in [2.24, 2.45) is 0 Å². The average molecular weight is 365 g/mol. The van der Waals surface area contributed by atoms with Crippen LogP contribution >= 0.6 is 0 Å². The molecule has 0 spiro atoms. The predicted molar refractivity (Wildman–Crippen MR) is 107 cm³/mol. The third kappa shape index (κ3) is 4.61. The highest BCUT2D eigenvalue weighted by atomic mass is 16.5. The first-order chi connectivity index (χ1) is 13.3. The molecule has 142 valence electrons. The molecule has 27 heavy (non-hydrogen) atoms. The van der Waals surface area contributed by atoms with Crippen LogP contribution in [0.5, 0.6) is 0 Å². The van der Waals surface area contributed by atoms with E-state index >= 15 is 0 Å². The van der Waals surface area contributed by atoms with Gasteiger partial charge in [0, 0.05) is 38.5 Å². The van der Waals surface area contributed by atoms with Crippen LogP contribution in [0.4, 0.5) is 10.5 Å². The Balaban J connectivity index is 1.24. The minimum absolute atomic E-state index is 0.136. The monoisotopic (exact) mass is 365 g/mol. The molecular formula is C22H27N3O2. The quantitative estimate of drug-likeness (QED) is 0.826. The SMILES string of the molecule is O=C(NCc1ccc(CN2CCc3ccccc32)cc1)NCC1CCCO1. The molecule has 1 unspecified atom stereocenters. The largest absolute Gasteiger partial charge is 0.376 e. The first-order valence-electron chi connectivity index (χ1n) is 9.82. The smallest absolute Gasteiger partial charge is 0.315 e. The average Bonchev–Trinajstić information content (AvgIpc) is 3.36. The maximum Gasteiger partial charge on any atom is 0.315 e. The summed E-state index contributed by atoms with van der Waals surface area (Å²) in [7, 11) is 0. The molecule has 2 N–H and O–H groups in total. The van der Waals surface area contributed by atoms with E-state index in [9.17, 15) is 4.79 Å². The van der Waals surface area contributed by atoms with E-state index in [1.54, 1.807) is 0 Å². The summed E-state index contributed by atoms with van der Waals surface area (Å²) in [6.07, 6.45) is 3.41. The fraction of sp³-hybridized carbons (Fsp3) is 0.409. The van der Waals surface area contributed by atoms with Gasteiger partial charge in [0.05, 0.1) is 6.10 Å². The summed E-state index contributed by atoms with van der Waals surface area (Å²) < 4.78 is 5.51. The summed E-state index contributed by atoms with van der Waals surface area (Å²) in [6, 6.07) is 17.0. The Bertz CT molecular complexity index is 769. The van der Waals surface area contributed by atoms with Crippen molar-refractivity contribution in [1.29, 1.82) is 0 Å². The minimum atomic E-state index is -0.136. The Morgan fingerprint density at radius 1 is 1.07 bits per heavy atom. The van der Waals surface area contributed by atoms with Gasteiger partial charge in [-0.05, 0) is 42.0 Å². The van der Waals surface area contributed by atoms with Gasteiger partial charge in [-0.25, -0.2) is 4.79 Å². The van der Waals surface area contributed by atoms with Gasteiger partial charge < -0.3 is 20.3 Å². The van der Waals surface area contributed by atoms with Gasteiger partial charge in [-0.15, -0.1) is 0 Å². The molecule has 5 heteroatoms. The number of hydrogen-bond donors (Lipinski definition) is 2. The second-order valence-corrected chi connectivity index (χ2v) is 7.32. The van der Waals surface area contributed by atoms with Crippen molar-refractivity contribution in [3.05, 3.63) is 65.2 Å². The van der Waals surface area contributed by atoms with Gasteiger partial charge in [-0.3, -0.25) is 0 Å². The van der Waals surface area contributed by atoms with E-state index < -0.39 is 0 Å². The lowest BCUT2D eigenvalue weighted by Crippen LogP contribution is -2.39. The highest BCUT2D eigenvalue weighted by Gasteiger charge is 2.18. The van der Waals surface area contributed by atoms with Crippen LogP contribution in [0.3, 0.4) is 0 Å². The van der Waals surface area contributed by atoms with Gasteiger partial charge in [0.15, 0.2) is 0 Å². The number of fused-ring (bicyclic) bond motifs is 1. The van der Waals surface area contributed by atoms with Crippen molar-refractivity contribution in [3.8, 4) is 0 Å². The predicted octanol–water partition coefficient (Wildman–Crippen LogP) is 3.23. The molecule has 2 amide bonds. The number of amides is 2. The summed E-state index contributed by atoms with van der Waals surface area (Å²) in [5, 5.41) is 5.79. The van der Waals surface area contributed by atoms with Crippen LogP contribution in [0.15, 0.2) is 48.5 Å². The number of rotatable bonds is 6. The summed E-state index contributed by atoms with van der Waals surface area (Å²) in [5.41, 5.74) is 5.18. The van der Waals surface area contributed by atoms with Crippen molar-refractivity contribution in [3.63, 3.8) is 0 Å². The molecule has 5 nitrogen and oxygen atoms in total. The Kier molecular flexibility index (Phi) is 5.58. The Morgan fingerprint density at radius 3 is 2.70 bits per heavy atom. The van der Waals surface area contributed by atoms with Crippen LogP contribution in [0, 0.1) is 0 Å². The summed E-state index contributed by atoms with van der Waals surface area (Å²) >= 11 is 0. The molecule has 0 aromatic heterocycles. The van der Waals surface area contributed by atoms with Crippen LogP contribution in [-0.4, -0.2) is 31.8 Å². The fourth-order valence-electron chi connectivity index (χ4n) is 3.81. The molecule has 1 saturated heterocycles. The number of para-hydroxylation sites is 1. The third-order valence-electron chi connectivity index (χ3n) is 5.35. The number of carbonyl (C=O) groups is 1. The molecule has 0 bridgehead atoms. The maximum atomic E-state index is 11.9. The van der Waals surface area contributed by atoms with Gasteiger partial charge in [0.2, 0.25) is 0 Å². The Hall–Kier alpha value is -2.53. The van der Waals surface area contributed by atoms with E-state index in [4.69, 9.17) is 4.74 Å². The molecule has 0 saturated carbocycles. The molecule has 2 aliphatic heterocycles. The van der Waals surface area contributed by atoms with E-state index in [0.29, 0.717) is 13.1 Å². The lowest BCUT2D eigenvalue weighted by atomic mass is 10.1. The normalized spacial score (nSPS) is 18.4. The second-order valence-electron chi connectivity index (χ2n) is 7.32. The molecular weight excluding hydrogens is 338 g/mol. The molecule has 0 radical (unpaired) electrons. The minimum Gasteiger partial charge on any atom is -0.376 e. The molecule has 2 aromatic carbocycles. The summed E-state index contributed by atoms with van der Waals surface area (Å²) in [6.45, 7) is 3.93. The van der Waals surface area contributed by atoms with E-state index in [1.165, 1.54) is 16.8 Å². The highest BCUT2D eigenvalue weighted by molar-refractivity contribution is 5.73. The van der Waals surface area contributed by atoms with Gasteiger partial charge in [-0.1, -0.05) is 42.5 Å². The number of carbonyl (C=O) groups excluding carboxylic acids is 1. The molecule has 0 aliphatic carbocycles. The number of urea groups is 1. The van der Waals surface area contributed by atoms with Crippen LogP contribution in [0.25, 0.3) is 0 Å². The van der Waals surface area contributed by atoms with Crippen LogP contribution < -0.4 is 15.5 Å². The number of ether oxygens (including phenoxy) is 1. The van der Waals surface area contributed by atoms with E-state index in [2.05, 4.69) is 64.1 Å². The third-order valence-corrected chi connectivity index (χ3v) is 5.35. The molecule has 4 rings (SSSR count). The van der Waals surface area contributed by atoms with Crippen LogP contribution in [0.1, 0.15) is 29.5 Å². The van der Waals surface area contributed by atoms with Crippen LogP contribution in [-0.2, 0) is 24.2 Å². The number of nitrogens with zero attached hydrogens (tertiary/aromatic N) is 1. The highest BCUT2D eigenvalue weighted by Crippen LogP contribution is 2.28. The van der Waals surface area contributed by atoms with Gasteiger partial charge >= 0.3 is 6.03 Å². The molecule has 1 fully saturated rings. The standard InChI is InChI=1S/C22H27N3O2/c26-22(24-15-20-5-3-13-27-20)23-14-17-7-9-18(10-8-17)16-25-12-11-19-4-1-2-6-21(19)25/h1-2,4,6-10,20H,3,5,11-16H2,(H2,23,24,26). The zero-order valence-corrected chi connectivity index (χ0v) is 15.6. The summed E-state index contributed by atoms with van der Waals surface area (Å²) in [4.78, 5) is 14.3. The molecule has 1 atom stereocenters. The first kappa shape index (κ1) is 17.9. The molecule has 2 aromatic rings. The van der Waals surface area contributed by atoms with Gasteiger partial charge in [-0.2, -0.15) is 0 Å². The number of benzene rings is 2. The zero-order valence-electron chi connectivity index (χ0n) is 15.6. The lowest BCUT2D eigenvalue weighted by Gasteiger charge is -2.19. The number of hydrogen-bond acceptors (Lipinski definition) is 3. The van der Waals surface area contributed by atoms with Crippen molar-refractivity contribution in [1.82, 2.24) is 10.6 Å². The lowest BCUT2D eigenvalue weighted by molar-refractivity contribution is 0.111. The topological polar surface area (TPSA) is 53.6 Å². The Labute approximate surface area is 160 Å². The summed E-state index contributed by atoms with van der Waals surface area (Å²) in [5.74, 6) is 0. The Morgan fingerprint density at radius 2 is 1.89 bits per heavy atom. The zero-order chi connectivity index (χ0) is 18.5. The van der Waals surface area contributed by atoms with Gasteiger partial charge in [0.1, 0.15) is 0 Å². The van der Waals surface area contributed by atoms with Crippen molar-refractivity contribution < 1.29 is 9.53 Å². The van der Waals surface area contributed by atoms with E-state index in [1.807, 2.05) is 0 Å². The molecule has 2 heterocycles. The van der Waals surface area contributed by atoms with E-state index in [0.717, 1.165) is 44.5 Å². The van der Waals surface area contributed by atoms with Crippen molar-refractivity contribution in [2.75, 3.05) is 24.6 Å². The van der Waals surface area contributed by atoms with Crippen molar-refractivity contribution in [2.45, 2.75) is 38.5 Å². The molecule has 2 aliphatic rings.